The normalized spacial score (nSPS) is 21.8. The van der Waals surface area contributed by atoms with Gasteiger partial charge in [0.25, 0.3) is 0 Å². The van der Waals surface area contributed by atoms with Gasteiger partial charge >= 0.3 is 0 Å². The zero-order chi connectivity index (χ0) is 17.7. The van der Waals surface area contributed by atoms with Gasteiger partial charge < -0.3 is 4.43 Å². The van der Waals surface area contributed by atoms with Gasteiger partial charge in [0.1, 0.15) is 0 Å². The maximum Gasteiger partial charge on any atom is 0.192 e. The van der Waals surface area contributed by atoms with Gasteiger partial charge in [-0.15, -0.1) is 12.3 Å². The van der Waals surface area contributed by atoms with Crippen LogP contribution in [-0.2, 0) is 4.43 Å². The molecule has 1 aliphatic rings. The Labute approximate surface area is 146 Å². The molecule has 0 N–H and O–H groups in total. The SMILES string of the molecule is C#CC(C)[C@H](O[Si](C)(C)C(C)(C)C)[C@@H](C)/C=C/C1CCCCC1. The van der Waals surface area contributed by atoms with E-state index in [1.807, 2.05) is 0 Å². The fourth-order valence-electron chi connectivity index (χ4n) is 3.05. The summed E-state index contributed by atoms with van der Waals surface area (Å²) < 4.78 is 6.70. The lowest BCUT2D eigenvalue weighted by Crippen LogP contribution is -2.47. The van der Waals surface area contributed by atoms with E-state index in [2.05, 4.69) is 65.8 Å². The monoisotopic (exact) mass is 334 g/mol. The maximum atomic E-state index is 6.70. The summed E-state index contributed by atoms with van der Waals surface area (Å²) in [6.07, 6.45) is 17.6. The quantitative estimate of drug-likeness (QED) is 0.309. The molecule has 0 aliphatic heterocycles. The first-order valence-electron chi connectivity index (χ1n) is 9.41. The fraction of sp³-hybridized carbons (Fsp3) is 0.810. The lowest BCUT2D eigenvalue weighted by molar-refractivity contribution is 0.115. The molecule has 0 aromatic heterocycles. The van der Waals surface area contributed by atoms with Crippen molar-refractivity contribution in [2.45, 2.75) is 91.0 Å². The third kappa shape index (κ3) is 6.12. The summed E-state index contributed by atoms with van der Waals surface area (Å²) >= 11 is 0. The van der Waals surface area contributed by atoms with Crippen molar-refractivity contribution in [3.63, 3.8) is 0 Å². The molecular weight excluding hydrogens is 296 g/mol. The molecule has 1 aliphatic carbocycles. The topological polar surface area (TPSA) is 9.23 Å². The molecule has 0 bridgehead atoms. The van der Waals surface area contributed by atoms with Crippen LogP contribution in [0.2, 0.25) is 18.1 Å². The van der Waals surface area contributed by atoms with Crippen molar-refractivity contribution in [2.24, 2.45) is 17.8 Å². The predicted molar refractivity (Wildman–Crippen MR) is 105 cm³/mol. The van der Waals surface area contributed by atoms with E-state index < -0.39 is 8.32 Å². The summed E-state index contributed by atoms with van der Waals surface area (Å²) in [5, 5.41) is 0.215. The van der Waals surface area contributed by atoms with Gasteiger partial charge in [-0.25, -0.2) is 0 Å². The highest BCUT2D eigenvalue weighted by Gasteiger charge is 2.40. The van der Waals surface area contributed by atoms with Crippen LogP contribution in [0.1, 0.15) is 66.7 Å². The van der Waals surface area contributed by atoms with Crippen LogP contribution < -0.4 is 0 Å². The molecule has 1 rings (SSSR count). The van der Waals surface area contributed by atoms with Crippen molar-refractivity contribution in [1.29, 1.82) is 0 Å². The van der Waals surface area contributed by atoms with Gasteiger partial charge in [-0.1, -0.05) is 59.1 Å². The van der Waals surface area contributed by atoms with Gasteiger partial charge in [0.15, 0.2) is 8.32 Å². The average Bonchev–Trinajstić information content (AvgIpc) is 2.49. The zero-order valence-corrected chi connectivity index (χ0v) is 17.5. The Kier molecular flexibility index (Phi) is 7.62. The van der Waals surface area contributed by atoms with Gasteiger partial charge in [0, 0.05) is 11.8 Å². The van der Waals surface area contributed by atoms with Crippen molar-refractivity contribution in [3.8, 4) is 12.3 Å². The van der Waals surface area contributed by atoms with Gasteiger partial charge in [0.05, 0.1) is 6.10 Å². The van der Waals surface area contributed by atoms with Crippen molar-refractivity contribution in [2.75, 3.05) is 0 Å². The highest BCUT2D eigenvalue weighted by atomic mass is 28.4. The fourth-order valence-corrected chi connectivity index (χ4v) is 4.50. The zero-order valence-electron chi connectivity index (χ0n) is 16.5. The first-order chi connectivity index (χ1) is 10.6. The Bertz CT molecular complexity index is 418. The average molecular weight is 335 g/mol. The van der Waals surface area contributed by atoms with Crippen LogP contribution in [0.4, 0.5) is 0 Å². The lowest BCUT2D eigenvalue weighted by atomic mass is 9.87. The van der Waals surface area contributed by atoms with Crippen LogP contribution in [0.3, 0.4) is 0 Å². The Hall–Kier alpha value is -0.523. The highest BCUT2D eigenvalue weighted by molar-refractivity contribution is 6.74. The standard InChI is InChI=1S/C21H38OSi/c1-9-17(2)20(22-23(7,8)21(4,5)6)18(3)15-16-19-13-11-10-12-14-19/h1,15-20H,10-14H2,2-8H3/b16-15+/t17?,18-,20-/m0/s1. The summed E-state index contributed by atoms with van der Waals surface area (Å²) in [6.45, 7) is 15.9. The Morgan fingerprint density at radius 1 is 1.13 bits per heavy atom. The van der Waals surface area contributed by atoms with E-state index in [-0.39, 0.29) is 17.1 Å². The van der Waals surface area contributed by atoms with Gasteiger partial charge in [-0.3, -0.25) is 0 Å². The lowest BCUT2D eigenvalue weighted by Gasteiger charge is -2.41. The summed E-state index contributed by atoms with van der Waals surface area (Å²) in [5.41, 5.74) is 0. The van der Waals surface area contributed by atoms with E-state index in [0.29, 0.717) is 5.92 Å². The third-order valence-corrected chi connectivity index (χ3v) is 10.3. The molecule has 0 heterocycles. The van der Waals surface area contributed by atoms with E-state index in [4.69, 9.17) is 10.8 Å². The van der Waals surface area contributed by atoms with E-state index in [1.165, 1.54) is 32.1 Å². The predicted octanol–water partition coefficient (Wildman–Crippen LogP) is 6.42. The molecule has 0 radical (unpaired) electrons. The van der Waals surface area contributed by atoms with E-state index in [1.54, 1.807) is 0 Å². The molecule has 0 aromatic carbocycles. The van der Waals surface area contributed by atoms with Crippen LogP contribution in [-0.4, -0.2) is 14.4 Å². The van der Waals surface area contributed by atoms with Crippen LogP contribution in [0, 0.1) is 30.1 Å². The van der Waals surface area contributed by atoms with Crippen LogP contribution in [0.5, 0.6) is 0 Å². The molecule has 1 unspecified atom stereocenters. The second-order valence-electron chi connectivity index (χ2n) is 8.94. The Balaban J connectivity index is 2.80. The third-order valence-electron chi connectivity index (χ3n) is 5.85. The van der Waals surface area contributed by atoms with Gasteiger partial charge in [-0.2, -0.15) is 0 Å². The van der Waals surface area contributed by atoms with Crippen molar-refractivity contribution < 1.29 is 4.43 Å². The molecule has 0 amide bonds. The molecule has 0 spiro atoms. The molecule has 0 saturated heterocycles. The second kappa shape index (κ2) is 8.54. The highest BCUT2D eigenvalue weighted by Crippen LogP contribution is 2.39. The maximum absolute atomic E-state index is 6.70. The van der Waals surface area contributed by atoms with E-state index in [0.717, 1.165) is 5.92 Å². The summed E-state index contributed by atoms with van der Waals surface area (Å²) in [4.78, 5) is 0. The van der Waals surface area contributed by atoms with Gasteiger partial charge in [0.2, 0.25) is 0 Å². The molecule has 3 atom stereocenters. The smallest absolute Gasteiger partial charge is 0.192 e. The molecule has 1 saturated carbocycles. The number of rotatable bonds is 6. The molecule has 0 aromatic rings. The molecule has 2 heteroatoms. The van der Waals surface area contributed by atoms with E-state index >= 15 is 0 Å². The van der Waals surface area contributed by atoms with Crippen molar-refractivity contribution in [3.05, 3.63) is 12.2 Å². The number of allylic oxidation sites excluding steroid dienone is 1. The molecule has 1 fully saturated rings. The summed E-state index contributed by atoms with van der Waals surface area (Å²) in [6, 6.07) is 0. The summed E-state index contributed by atoms with van der Waals surface area (Å²) in [7, 11) is -1.81. The number of terminal acetylenes is 1. The second-order valence-corrected chi connectivity index (χ2v) is 13.7. The number of hydrogen-bond donors (Lipinski definition) is 0. The van der Waals surface area contributed by atoms with Gasteiger partial charge in [-0.05, 0) is 43.8 Å². The minimum absolute atomic E-state index is 0.126. The van der Waals surface area contributed by atoms with Crippen molar-refractivity contribution in [1.82, 2.24) is 0 Å². The Morgan fingerprint density at radius 3 is 2.17 bits per heavy atom. The van der Waals surface area contributed by atoms with Crippen molar-refractivity contribution >= 4 is 8.32 Å². The minimum atomic E-state index is -1.81. The number of hydrogen-bond acceptors (Lipinski definition) is 1. The van der Waals surface area contributed by atoms with E-state index in [9.17, 15) is 0 Å². The van der Waals surface area contributed by atoms with Crippen LogP contribution in [0.25, 0.3) is 0 Å². The first kappa shape index (κ1) is 20.5. The summed E-state index contributed by atoms with van der Waals surface area (Å²) in [5.74, 6) is 4.21. The molecule has 1 nitrogen and oxygen atoms in total. The Morgan fingerprint density at radius 2 is 1.70 bits per heavy atom. The largest absolute Gasteiger partial charge is 0.412 e. The van der Waals surface area contributed by atoms with Crippen LogP contribution >= 0.6 is 0 Å². The van der Waals surface area contributed by atoms with Crippen LogP contribution in [0.15, 0.2) is 12.2 Å². The molecular formula is C21H38OSi. The first-order valence-corrected chi connectivity index (χ1v) is 12.3. The molecule has 132 valence electrons. The minimum Gasteiger partial charge on any atom is -0.412 e. The molecule has 23 heavy (non-hydrogen) atoms.